The van der Waals surface area contributed by atoms with Crippen LogP contribution in [0.1, 0.15) is 37.1 Å². The molecule has 0 unspecified atom stereocenters. The Morgan fingerprint density at radius 2 is 1.96 bits per heavy atom. The molecule has 1 amide bonds. The van der Waals surface area contributed by atoms with Crippen LogP contribution in [0.2, 0.25) is 0 Å². The Morgan fingerprint density at radius 1 is 1.20 bits per heavy atom. The molecule has 6 heteroatoms. The second-order valence-corrected chi connectivity index (χ2v) is 6.82. The number of carbonyl (C=O) groups excluding carboxylic acids is 1. The van der Waals surface area contributed by atoms with Crippen LogP contribution in [0, 0.1) is 5.82 Å². The highest BCUT2D eigenvalue weighted by Crippen LogP contribution is 2.36. The maximum Gasteiger partial charge on any atom is 0.236 e. The highest BCUT2D eigenvalue weighted by molar-refractivity contribution is 5.98. The lowest BCUT2D eigenvalue weighted by Crippen LogP contribution is -2.45. The summed E-state index contributed by atoms with van der Waals surface area (Å²) >= 11 is 0. The van der Waals surface area contributed by atoms with E-state index in [1.807, 2.05) is 0 Å². The fourth-order valence-corrected chi connectivity index (χ4v) is 3.89. The largest absolute Gasteiger partial charge is 0.381 e. The van der Waals surface area contributed by atoms with Gasteiger partial charge in [-0.05, 0) is 43.4 Å². The smallest absolute Gasteiger partial charge is 0.236 e. The summed E-state index contributed by atoms with van der Waals surface area (Å²) in [6.07, 6.45) is 6.12. The molecule has 1 saturated heterocycles. The van der Waals surface area contributed by atoms with Gasteiger partial charge in [-0.1, -0.05) is 12.1 Å². The van der Waals surface area contributed by atoms with E-state index in [9.17, 15) is 9.18 Å². The molecule has 5 nitrogen and oxygen atoms in total. The molecule has 2 aliphatic rings. The molecule has 0 radical (unpaired) electrons. The van der Waals surface area contributed by atoms with Gasteiger partial charge < -0.3 is 14.6 Å². The van der Waals surface area contributed by atoms with Crippen LogP contribution in [0.25, 0.3) is 0 Å². The van der Waals surface area contributed by atoms with Gasteiger partial charge in [0.15, 0.2) is 0 Å². The molecule has 0 aliphatic carbocycles. The van der Waals surface area contributed by atoms with Crippen LogP contribution in [-0.4, -0.2) is 28.7 Å². The van der Waals surface area contributed by atoms with Gasteiger partial charge in [0.05, 0.1) is 11.6 Å². The molecule has 1 aromatic heterocycles. The molecule has 25 heavy (non-hydrogen) atoms. The molecule has 4 rings (SSSR count). The van der Waals surface area contributed by atoms with Crippen LogP contribution < -0.4 is 5.32 Å². The molecule has 0 atom stereocenters. The fraction of sp³-hybridized carbons (Fsp3) is 0.474. The van der Waals surface area contributed by atoms with Crippen molar-refractivity contribution in [2.75, 3.05) is 18.5 Å². The van der Waals surface area contributed by atoms with E-state index in [0.717, 1.165) is 43.0 Å². The van der Waals surface area contributed by atoms with Gasteiger partial charge in [0.2, 0.25) is 5.91 Å². The number of anilines is 1. The Bertz CT molecular complexity index is 763. The van der Waals surface area contributed by atoms with E-state index in [2.05, 4.69) is 14.9 Å². The van der Waals surface area contributed by atoms with Crippen molar-refractivity contribution in [1.82, 2.24) is 9.55 Å². The zero-order valence-corrected chi connectivity index (χ0v) is 14.1. The van der Waals surface area contributed by atoms with E-state index < -0.39 is 5.41 Å². The van der Waals surface area contributed by atoms with Crippen molar-refractivity contribution in [2.45, 2.75) is 44.1 Å². The lowest BCUT2D eigenvalue weighted by Gasteiger charge is -2.36. The second kappa shape index (κ2) is 6.59. The Hall–Kier alpha value is -2.21. The third-order valence-electron chi connectivity index (χ3n) is 5.39. The van der Waals surface area contributed by atoms with Crippen LogP contribution in [-0.2, 0) is 27.9 Å². The van der Waals surface area contributed by atoms with Crippen LogP contribution in [0.4, 0.5) is 10.2 Å². The fourth-order valence-electron chi connectivity index (χ4n) is 3.89. The van der Waals surface area contributed by atoms with Crippen molar-refractivity contribution in [3.63, 3.8) is 0 Å². The maximum absolute atomic E-state index is 13.3. The Balaban J connectivity index is 1.64. The number of amides is 1. The number of hydrogen-bond acceptors (Lipinski definition) is 3. The van der Waals surface area contributed by atoms with Crippen LogP contribution >= 0.6 is 0 Å². The van der Waals surface area contributed by atoms with Gasteiger partial charge in [-0.15, -0.1) is 0 Å². The summed E-state index contributed by atoms with van der Waals surface area (Å²) < 4.78 is 20.9. The van der Waals surface area contributed by atoms with E-state index >= 15 is 0 Å². The minimum absolute atomic E-state index is 0.0596. The number of aryl methyl sites for hydroxylation is 1. The lowest BCUT2D eigenvalue weighted by molar-refractivity contribution is -0.125. The summed E-state index contributed by atoms with van der Waals surface area (Å²) in [6.45, 7) is 1.93. The number of aromatic nitrogens is 2. The van der Waals surface area contributed by atoms with Crippen LogP contribution in [0.5, 0.6) is 0 Å². The van der Waals surface area contributed by atoms with Gasteiger partial charge in [-0.3, -0.25) is 4.79 Å². The maximum atomic E-state index is 13.3. The summed E-state index contributed by atoms with van der Waals surface area (Å²) in [6, 6.07) is 6.26. The van der Waals surface area contributed by atoms with E-state index in [0.29, 0.717) is 26.1 Å². The lowest BCUT2D eigenvalue weighted by atomic mass is 9.73. The first-order valence-electron chi connectivity index (χ1n) is 8.89. The topological polar surface area (TPSA) is 56.2 Å². The van der Waals surface area contributed by atoms with Gasteiger partial charge in [0.25, 0.3) is 0 Å². The summed E-state index contributed by atoms with van der Waals surface area (Å²) in [5, 5.41) is 3.09. The molecule has 1 N–H and O–H groups in total. The summed E-state index contributed by atoms with van der Waals surface area (Å²) in [7, 11) is 0. The predicted molar refractivity (Wildman–Crippen MR) is 91.9 cm³/mol. The van der Waals surface area contributed by atoms with Crippen molar-refractivity contribution in [3.8, 4) is 0 Å². The average molecular weight is 343 g/mol. The zero-order chi connectivity index (χ0) is 17.3. The number of rotatable bonds is 3. The van der Waals surface area contributed by atoms with Gasteiger partial charge in [0, 0.05) is 26.2 Å². The molecule has 132 valence electrons. The number of nitrogens with one attached hydrogen (secondary N) is 1. The number of hydrogen-bond donors (Lipinski definition) is 1. The molecule has 2 aromatic rings. The molecule has 0 bridgehead atoms. The van der Waals surface area contributed by atoms with E-state index in [1.165, 1.54) is 12.1 Å². The third kappa shape index (κ3) is 2.95. The van der Waals surface area contributed by atoms with Crippen molar-refractivity contribution >= 4 is 11.7 Å². The molecule has 2 aliphatic heterocycles. The third-order valence-corrected chi connectivity index (χ3v) is 5.39. The SMILES string of the molecule is O=C(Nc1cnc2n1CCCC2)C1(c2ccc(F)cc2)CCOCC1. The van der Waals surface area contributed by atoms with Gasteiger partial charge in [-0.2, -0.15) is 0 Å². The summed E-state index contributed by atoms with van der Waals surface area (Å²) in [4.78, 5) is 17.7. The summed E-state index contributed by atoms with van der Waals surface area (Å²) in [5.41, 5.74) is 0.152. The quantitative estimate of drug-likeness (QED) is 0.932. The molecule has 1 aromatic carbocycles. The predicted octanol–water partition coefficient (Wildman–Crippen LogP) is 3.05. The Labute approximate surface area is 146 Å². The summed E-state index contributed by atoms with van der Waals surface area (Å²) in [5.74, 6) is 1.43. The molecule has 0 saturated carbocycles. The number of nitrogens with zero attached hydrogens (tertiary/aromatic N) is 2. The second-order valence-electron chi connectivity index (χ2n) is 6.82. The molecule has 1 fully saturated rings. The monoisotopic (exact) mass is 343 g/mol. The number of imidazole rings is 1. The average Bonchev–Trinajstić information content (AvgIpc) is 3.06. The first kappa shape index (κ1) is 16.3. The van der Waals surface area contributed by atoms with Gasteiger partial charge >= 0.3 is 0 Å². The Morgan fingerprint density at radius 3 is 2.72 bits per heavy atom. The highest BCUT2D eigenvalue weighted by Gasteiger charge is 2.42. The first-order valence-corrected chi connectivity index (χ1v) is 8.89. The molecule has 3 heterocycles. The van der Waals surface area contributed by atoms with Crippen molar-refractivity contribution < 1.29 is 13.9 Å². The molecule has 0 spiro atoms. The van der Waals surface area contributed by atoms with Gasteiger partial charge in [-0.25, -0.2) is 9.37 Å². The minimum Gasteiger partial charge on any atom is -0.381 e. The number of halogens is 1. The van der Waals surface area contributed by atoms with Crippen LogP contribution in [0.15, 0.2) is 30.5 Å². The van der Waals surface area contributed by atoms with Gasteiger partial charge in [0.1, 0.15) is 17.5 Å². The zero-order valence-electron chi connectivity index (χ0n) is 14.1. The number of carbonyl (C=O) groups is 1. The number of fused-ring (bicyclic) bond motifs is 1. The van der Waals surface area contributed by atoms with Crippen molar-refractivity contribution in [1.29, 1.82) is 0 Å². The van der Waals surface area contributed by atoms with E-state index in [1.54, 1.807) is 18.3 Å². The highest BCUT2D eigenvalue weighted by atomic mass is 19.1. The standard InChI is InChI=1S/C19H22FN3O2/c20-15-6-4-14(5-7-15)19(8-11-25-12-9-19)18(24)22-17-13-21-16-3-1-2-10-23(16)17/h4-7,13H,1-3,8-12H2,(H,22,24). The molecular formula is C19H22FN3O2. The van der Waals surface area contributed by atoms with Crippen molar-refractivity contribution in [3.05, 3.63) is 47.7 Å². The van der Waals surface area contributed by atoms with E-state index in [-0.39, 0.29) is 11.7 Å². The first-order chi connectivity index (χ1) is 12.2. The minimum atomic E-state index is -0.689. The number of ether oxygens (including phenoxy) is 1. The Kier molecular flexibility index (Phi) is 4.29. The van der Waals surface area contributed by atoms with Crippen LogP contribution in [0.3, 0.4) is 0 Å². The normalized spacial score (nSPS) is 19.2. The molecular weight excluding hydrogens is 321 g/mol. The van der Waals surface area contributed by atoms with E-state index in [4.69, 9.17) is 4.74 Å². The van der Waals surface area contributed by atoms with Crippen molar-refractivity contribution in [2.24, 2.45) is 0 Å². The number of benzene rings is 1.